The van der Waals surface area contributed by atoms with Gasteiger partial charge in [-0.2, -0.15) is 5.10 Å². The number of H-pyrrole nitrogens is 1. The summed E-state index contributed by atoms with van der Waals surface area (Å²) in [5, 5.41) is 10.9. The number of aromatic amines is 1. The Hall–Kier alpha value is -2.66. The Morgan fingerprint density at radius 2 is 1.72 bits per heavy atom. The number of hydrogen-bond donors (Lipinski definition) is 3. The van der Waals surface area contributed by atoms with E-state index < -0.39 is 0 Å². The highest BCUT2D eigenvalue weighted by Crippen LogP contribution is 2.15. The maximum atomic E-state index is 12.5. The monoisotopic (exact) mass is 337 g/mol. The topological polar surface area (TPSA) is 62.2 Å². The summed E-state index contributed by atoms with van der Waals surface area (Å²) in [5.74, 6) is -0.151. The van der Waals surface area contributed by atoms with Gasteiger partial charge in [0.05, 0.1) is 18.6 Å². The average Bonchev–Trinajstić information content (AvgIpc) is 3.09. The van der Waals surface area contributed by atoms with E-state index >= 15 is 0 Å². The van der Waals surface area contributed by atoms with E-state index in [9.17, 15) is 4.79 Å². The molecule has 3 N–H and O–H groups in total. The zero-order chi connectivity index (χ0) is 17.6. The zero-order valence-electron chi connectivity index (χ0n) is 14.8. The minimum absolute atomic E-state index is 0.151. The SMILES string of the molecule is CC[NH+](CC)Cc1ccccc1CNC(=O)c1n[nH]c2ccccc12. The van der Waals surface area contributed by atoms with Crippen molar-refractivity contribution in [1.82, 2.24) is 15.5 Å². The zero-order valence-corrected chi connectivity index (χ0v) is 14.8. The molecule has 1 aromatic heterocycles. The highest BCUT2D eigenvalue weighted by molar-refractivity contribution is 6.04. The Kier molecular flexibility index (Phi) is 5.46. The summed E-state index contributed by atoms with van der Waals surface area (Å²) in [6.45, 7) is 8.08. The van der Waals surface area contributed by atoms with Gasteiger partial charge in [-0.3, -0.25) is 9.89 Å². The minimum Gasteiger partial charge on any atom is -0.347 e. The van der Waals surface area contributed by atoms with Crippen molar-refractivity contribution < 1.29 is 9.69 Å². The van der Waals surface area contributed by atoms with Crippen LogP contribution in [0.2, 0.25) is 0 Å². The molecule has 0 spiro atoms. The molecular weight excluding hydrogens is 312 g/mol. The Bertz CT molecular complexity index is 852. The second-order valence-corrected chi connectivity index (χ2v) is 6.20. The van der Waals surface area contributed by atoms with Gasteiger partial charge in [0.1, 0.15) is 6.54 Å². The third kappa shape index (κ3) is 3.88. The van der Waals surface area contributed by atoms with Gasteiger partial charge in [0.2, 0.25) is 0 Å². The van der Waals surface area contributed by atoms with Crippen LogP contribution < -0.4 is 10.2 Å². The van der Waals surface area contributed by atoms with Crippen LogP contribution in [0.25, 0.3) is 10.9 Å². The molecule has 5 nitrogen and oxygen atoms in total. The first-order chi connectivity index (χ1) is 12.2. The number of benzene rings is 2. The van der Waals surface area contributed by atoms with Gasteiger partial charge < -0.3 is 10.2 Å². The summed E-state index contributed by atoms with van der Waals surface area (Å²) in [6.07, 6.45) is 0. The molecule has 0 fully saturated rings. The van der Waals surface area contributed by atoms with Crippen molar-refractivity contribution in [3.05, 3.63) is 65.4 Å². The van der Waals surface area contributed by atoms with E-state index in [4.69, 9.17) is 0 Å². The molecule has 0 unspecified atom stereocenters. The number of amides is 1. The number of nitrogens with one attached hydrogen (secondary N) is 3. The second-order valence-electron chi connectivity index (χ2n) is 6.20. The Morgan fingerprint density at radius 3 is 2.48 bits per heavy atom. The van der Waals surface area contributed by atoms with Gasteiger partial charge in [0, 0.05) is 17.5 Å². The molecule has 3 aromatic rings. The van der Waals surface area contributed by atoms with E-state index in [1.165, 1.54) is 10.5 Å². The Balaban J connectivity index is 1.72. The molecule has 5 heteroatoms. The van der Waals surface area contributed by atoms with E-state index in [1.54, 1.807) is 0 Å². The quantitative estimate of drug-likeness (QED) is 0.617. The minimum atomic E-state index is -0.151. The molecule has 1 amide bonds. The van der Waals surface area contributed by atoms with Gasteiger partial charge in [-0.25, -0.2) is 0 Å². The van der Waals surface area contributed by atoms with Gasteiger partial charge in [0.15, 0.2) is 5.69 Å². The van der Waals surface area contributed by atoms with Crippen LogP contribution in [-0.2, 0) is 13.1 Å². The molecule has 0 bridgehead atoms. The number of aromatic nitrogens is 2. The number of fused-ring (bicyclic) bond motifs is 1. The molecule has 1 heterocycles. The molecule has 130 valence electrons. The fraction of sp³-hybridized carbons (Fsp3) is 0.300. The van der Waals surface area contributed by atoms with Crippen molar-refractivity contribution in [2.75, 3.05) is 13.1 Å². The van der Waals surface area contributed by atoms with Crippen molar-refractivity contribution >= 4 is 16.8 Å². The van der Waals surface area contributed by atoms with E-state index in [0.29, 0.717) is 12.2 Å². The normalized spacial score (nSPS) is 11.2. The molecule has 0 radical (unpaired) electrons. The summed E-state index contributed by atoms with van der Waals surface area (Å²) in [5.41, 5.74) is 3.77. The molecule has 0 saturated carbocycles. The number of carbonyl (C=O) groups is 1. The van der Waals surface area contributed by atoms with E-state index in [2.05, 4.69) is 47.6 Å². The first-order valence-corrected chi connectivity index (χ1v) is 8.84. The predicted molar refractivity (Wildman–Crippen MR) is 99.5 cm³/mol. The third-order valence-corrected chi connectivity index (χ3v) is 4.68. The molecule has 0 atom stereocenters. The van der Waals surface area contributed by atoms with Crippen molar-refractivity contribution in [1.29, 1.82) is 0 Å². The first kappa shape index (κ1) is 17.2. The van der Waals surface area contributed by atoms with Gasteiger partial charge in [-0.15, -0.1) is 0 Å². The lowest BCUT2D eigenvalue weighted by Crippen LogP contribution is -3.10. The first-order valence-electron chi connectivity index (χ1n) is 8.84. The van der Waals surface area contributed by atoms with E-state index in [-0.39, 0.29) is 5.91 Å². The lowest BCUT2D eigenvalue weighted by molar-refractivity contribution is -0.910. The average molecular weight is 337 g/mol. The largest absolute Gasteiger partial charge is 0.347 e. The van der Waals surface area contributed by atoms with Crippen LogP contribution in [0.4, 0.5) is 0 Å². The number of para-hydroxylation sites is 1. The smallest absolute Gasteiger partial charge is 0.272 e. The van der Waals surface area contributed by atoms with Gasteiger partial charge in [0.25, 0.3) is 5.91 Å². The van der Waals surface area contributed by atoms with Crippen LogP contribution in [0, 0.1) is 0 Å². The lowest BCUT2D eigenvalue weighted by Gasteiger charge is -2.17. The third-order valence-electron chi connectivity index (χ3n) is 4.68. The second kappa shape index (κ2) is 7.94. The van der Waals surface area contributed by atoms with Crippen LogP contribution in [0.5, 0.6) is 0 Å². The highest BCUT2D eigenvalue weighted by Gasteiger charge is 2.15. The van der Waals surface area contributed by atoms with Crippen molar-refractivity contribution in [2.45, 2.75) is 26.9 Å². The van der Waals surface area contributed by atoms with Crippen LogP contribution in [0.1, 0.15) is 35.5 Å². The van der Waals surface area contributed by atoms with Crippen LogP contribution in [0.15, 0.2) is 48.5 Å². The van der Waals surface area contributed by atoms with Gasteiger partial charge in [-0.05, 0) is 25.5 Å². The summed E-state index contributed by atoms with van der Waals surface area (Å²) in [7, 11) is 0. The summed E-state index contributed by atoms with van der Waals surface area (Å²) >= 11 is 0. The van der Waals surface area contributed by atoms with Crippen molar-refractivity contribution in [3.63, 3.8) is 0 Å². The van der Waals surface area contributed by atoms with Crippen molar-refractivity contribution in [2.24, 2.45) is 0 Å². The van der Waals surface area contributed by atoms with Crippen molar-refractivity contribution in [3.8, 4) is 0 Å². The van der Waals surface area contributed by atoms with Crippen LogP contribution in [-0.4, -0.2) is 29.2 Å². The van der Waals surface area contributed by atoms with Gasteiger partial charge in [-0.1, -0.05) is 42.5 Å². The van der Waals surface area contributed by atoms with E-state index in [0.717, 1.165) is 36.1 Å². The highest BCUT2D eigenvalue weighted by atomic mass is 16.1. The van der Waals surface area contributed by atoms with E-state index in [1.807, 2.05) is 30.3 Å². The Labute approximate surface area is 148 Å². The van der Waals surface area contributed by atoms with Gasteiger partial charge >= 0.3 is 0 Å². The molecule has 0 aliphatic heterocycles. The maximum Gasteiger partial charge on any atom is 0.272 e. The summed E-state index contributed by atoms with van der Waals surface area (Å²) in [4.78, 5) is 14.1. The fourth-order valence-electron chi connectivity index (χ4n) is 3.07. The predicted octanol–water partition coefficient (Wildman–Crippen LogP) is 1.92. The Morgan fingerprint density at radius 1 is 1.04 bits per heavy atom. The molecular formula is C20H25N4O+. The lowest BCUT2D eigenvalue weighted by atomic mass is 10.1. The molecule has 0 aliphatic carbocycles. The maximum absolute atomic E-state index is 12.5. The number of hydrogen-bond acceptors (Lipinski definition) is 2. The molecule has 0 aliphatic rings. The summed E-state index contributed by atoms with van der Waals surface area (Å²) in [6, 6.07) is 16.0. The standard InChI is InChI=1S/C20H24N4O/c1-3-24(4-2)14-16-10-6-5-9-15(16)13-21-20(25)19-17-11-7-8-12-18(17)22-23-19/h5-12H,3-4,13-14H2,1-2H3,(H,21,25)(H,22,23)/p+1. The molecule has 3 rings (SSSR count). The fourth-order valence-corrected chi connectivity index (χ4v) is 3.07. The van der Waals surface area contributed by atoms with Crippen LogP contribution >= 0.6 is 0 Å². The molecule has 25 heavy (non-hydrogen) atoms. The number of nitrogens with zero attached hydrogens (tertiary/aromatic N) is 1. The number of quaternary nitrogens is 1. The molecule has 2 aromatic carbocycles. The number of carbonyl (C=O) groups excluding carboxylic acids is 1. The van der Waals surface area contributed by atoms with Crippen LogP contribution in [0.3, 0.4) is 0 Å². The number of rotatable bonds is 7. The molecule has 0 saturated heterocycles. The summed E-state index contributed by atoms with van der Waals surface area (Å²) < 4.78 is 0.